The molecule has 5 nitrogen and oxygen atoms in total. The molecule has 0 aliphatic heterocycles. The highest BCUT2D eigenvalue weighted by Crippen LogP contribution is 2.14. The highest BCUT2D eigenvalue weighted by molar-refractivity contribution is 7.11. The molecule has 0 radical (unpaired) electrons. The van der Waals surface area contributed by atoms with E-state index >= 15 is 0 Å². The lowest BCUT2D eigenvalue weighted by atomic mass is 10.4. The normalized spacial score (nSPS) is 10.3. The minimum atomic E-state index is 0.565. The molecular weight excluding hydrogens is 248 g/mol. The van der Waals surface area contributed by atoms with Crippen LogP contribution in [0.4, 0.5) is 5.95 Å². The number of ether oxygens (including phenoxy) is 1. The third kappa shape index (κ3) is 3.40. The lowest BCUT2D eigenvalue weighted by Gasteiger charge is -2.04. The zero-order valence-electron chi connectivity index (χ0n) is 10.5. The fraction of sp³-hybridized carbons (Fsp3) is 0.417. The summed E-state index contributed by atoms with van der Waals surface area (Å²) in [5, 5.41) is 4.30. The first-order chi connectivity index (χ1) is 8.81. The van der Waals surface area contributed by atoms with Crippen LogP contribution in [0.15, 0.2) is 18.5 Å². The molecule has 0 spiro atoms. The van der Waals surface area contributed by atoms with Crippen molar-refractivity contribution in [2.45, 2.75) is 19.8 Å². The van der Waals surface area contributed by atoms with Gasteiger partial charge < -0.3 is 10.1 Å². The van der Waals surface area contributed by atoms with E-state index in [1.165, 1.54) is 4.88 Å². The van der Waals surface area contributed by atoms with Gasteiger partial charge in [-0.15, -0.1) is 11.3 Å². The van der Waals surface area contributed by atoms with E-state index in [1.807, 2.05) is 6.20 Å². The van der Waals surface area contributed by atoms with Crippen molar-refractivity contribution in [2.75, 3.05) is 19.0 Å². The minimum Gasteiger partial charge on any atom is -0.481 e. The number of thiazole rings is 1. The van der Waals surface area contributed by atoms with Crippen LogP contribution in [0.3, 0.4) is 0 Å². The molecule has 0 saturated carbocycles. The summed E-state index contributed by atoms with van der Waals surface area (Å²) in [6.45, 7) is 2.91. The first kappa shape index (κ1) is 12.8. The fourth-order valence-corrected chi connectivity index (χ4v) is 2.31. The van der Waals surface area contributed by atoms with Crippen molar-refractivity contribution in [3.8, 4) is 5.88 Å². The van der Waals surface area contributed by atoms with Crippen LogP contribution < -0.4 is 10.1 Å². The molecule has 1 N–H and O–H groups in total. The molecule has 2 heterocycles. The van der Waals surface area contributed by atoms with Gasteiger partial charge in [-0.05, 0) is 6.42 Å². The summed E-state index contributed by atoms with van der Waals surface area (Å²) in [6.07, 6.45) is 5.55. The third-order valence-electron chi connectivity index (χ3n) is 2.41. The molecule has 0 saturated heterocycles. The predicted octanol–water partition coefficient (Wildman–Crippen LogP) is 2.16. The molecule has 96 valence electrons. The third-order valence-corrected chi connectivity index (χ3v) is 3.61. The standard InChI is InChI=1S/C12H16N4OS/c1-3-9-8-15-11(18-9)5-7-14-12-13-6-4-10(16-12)17-2/h4,6,8H,3,5,7H2,1-2H3,(H,13,14,16). The highest BCUT2D eigenvalue weighted by atomic mass is 32.1. The largest absolute Gasteiger partial charge is 0.481 e. The number of hydrogen-bond acceptors (Lipinski definition) is 6. The van der Waals surface area contributed by atoms with Gasteiger partial charge in [-0.1, -0.05) is 6.92 Å². The fourth-order valence-electron chi connectivity index (χ4n) is 1.45. The molecule has 0 aliphatic carbocycles. The Labute approximate surface area is 110 Å². The van der Waals surface area contributed by atoms with Gasteiger partial charge in [-0.25, -0.2) is 9.97 Å². The van der Waals surface area contributed by atoms with Crippen molar-refractivity contribution < 1.29 is 4.74 Å². The smallest absolute Gasteiger partial charge is 0.225 e. The van der Waals surface area contributed by atoms with E-state index in [1.54, 1.807) is 30.7 Å². The van der Waals surface area contributed by atoms with Gasteiger partial charge in [0.15, 0.2) is 0 Å². The molecule has 0 amide bonds. The van der Waals surface area contributed by atoms with Gasteiger partial charge in [0, 0.05) is 36.3 Å². The van der Waals surface area contributed by atoms with Crippen molar-refractivity contribution in [3.05, 3.63) is 28.3 Å². The first-order valence-corrected chi connectivity index (χ1v) is 6.68. The monoisotopic (exact) mass is 264 g/mol. The Bertz CT molecular complexity index is 500. The maximum Gasteiger partial charge on any atom is 0.225 e. The summed E-state index contributed by atoms with van der Waals surface area (Å²) in [4.78, 5) is 14.0. The summed E-state index contributed by atoms with van der Waals surface area (Å²) < 4.78 is 5.04. The number of aryl methyl sites for hydroxylation is 1. The van der Waals surface area contributed by atoms with Gasteiger partial charge in [-0.3, -0.25) is 0 Å². The molecule has 6 heteroatoms. The first-order valence-electron chi connectivity index (χ1n) is 5.86. The SMILES string of the molecule is CCc1cnc(CCNc2nccc(OC)n2)s1. The molecule has 2 aromatic rings. The summed E-state index contributed by atoms with van der Waals surface area (Å²) in [7, 11) is 1.59. The van der Waals surface area contributed by atoms with E-state index < -0.39 is 0 Å². The molecule has 0 atom stereocenters. The van der Waals surface area contributed by atoms with Crippen molar-refractivity contribution in [2.24, 2.45) is 0 Å². The molecule has 0 bridgehead atoms. The van der Waals surface area contributed by atoms with Crippen LogP contribution in [0.2, 0.25) is 0 Å². The van der Waals surface area contributed by atoms with Gasteiger partial charge in [0.2, 0.25) is 11.8 Å². The van der Waals surface area contributed by atoms with Gasteiger partial charge in [0.05, 0.1) is 12.1 Å². The Balaban J connectivity index is 1.84. The van der Waals surface area contributed by atoms with E-state index in [0.29, 0.717) is 11.8 Å². The number of aromatic nitrogens is 3. The molecule has 0 aliphatic rings. The van der Waals surface area contributed by atoms with Crippen LogP contribution in [0.5, 0.6) is 5.88 Å². The maximum absolute atomic E-state index is 5.04. The second-order valence-electron chi connectivity index (χ2n) is 3.67. The average molecular weight is 264 g/mol. The lowest BCUT2D eigenvalue weighted by Crippen LogP contribution is -2.07. The highest BCUT2D eigenvalue weighted by Gasteiger charge is 2.02. The van der Waals surface area contributed by atoms with E-state index in [0.717, 1.165) is 24.4 Å². The summed E-state index contributed by atoms with van der Waals surface area (Å²) in [6, 6.07) is 1.72. The van der Waals surface area contributed by atoms with Gasteiger partial charge >= 0.3 is 0 Å². The molecule has 2 aromatic heterocycles. The number of nitrogens with one attached hydrogen (secondary N) is 1. The van der Waals surface area contributed by atoms with Crippen molar-refractivity contribution in [1.82, 2.24) is 15.0 Å². The van der Waals surface area contributed by atoms with Crippen molar-refractivity contribution >= 4 is 17.3 Å². The minimum absolute atomic E-state index is 0.565. The van der Waals surface area contributed by atoms with E-state index in [-0.39, 0.29) is 0 Å². The Morgan fingerprint density at radius 3 is 3.00 bits per heavy atom. The number of anilines is 1. The number of hydrogen-bond donors (Lipinski definition) is 1. The molecule has 0 unspecified atom stereocenters. The lowest BCUT2D eigenvalue weighted by molar-refractivity contribution is 0.397. The zero-order chi connectivity index (χ0) is 12.8. The molecule has 0 fully saturated rings. The Hall–Kier alpha value is -1.69. The van der Waals surface area contributed by atoms with E-state index in [2.05, 4.69) is 27.2 Å². The second kappa shape index (κ2) is 6.30. The van der Waals surface area contributed by atoms with Crippen LogP contribution in [0.1, 0.15) is 16.8 Å². The Kier molecular flexibility index (Phi) is 4.46. The quantitative estimate of drug-likeness (QED) is 0.866. The van der Waals surface area contributed by atoms with Gasteiger partial charge in [0.1, 0.15) is 0 Å². The van der Waals surface area contributed by atoms with Crippen molar-refractivity contribution in [1.29, 1.82) is 0 Å². The zero-order valence-corrected chi connectivity index (χ0v) is 11.3. The maximum atomic E-state index is 5.04. The summed E-state index contributed by atoms with van der Waals surface area (Å²) >= 11 is 1.76. The molecule has 18 heavy (non-hydrogen) atoms. The van der Waals surface area contributed by atoms with Crippen LogP contribution >= 0.6 is 11.3 Å². The van der Waals surface area contributed by atoms with Crippen LogP contribution in [0, 0.1) is 0 Å². The summed E-state index contributed by atoms with van der Waals surface area (Å²) in [5.41, 5.74) is 0. The summed E-state index contributed by atoms with van der Waals surface area (Å²) in [5.74, 6) is 1.15. The number of methoxy groups -OCH3 is 1. The molecule has 0 aromatic carbocycles. The second-order valence-corrected chi connectivity index (χ2v) is 4.87. The molecule has 2 rings (SSSR count). The number of nitrogens with zero attached hydrogens (tertiary/aromatic N) is 3. The predicted molar refractivity (Wildman–Crippen MR) is 72.3 cm³/mol. The van der Waals surface area contributed by atoms with E-state index in [9.17, 15) is 0 Å². The van der Waals surface area contributed by atoms with Gasteiger partial charge in [0.25, 0.3) is 0 Å². The topological polar surface area (TPSA) is 59.9 Å². The molecular formula is C12H16N4OS. The average Bonchev–Trinajstić information content (AvgIpc) is 2.87. The number of rotatable bonds is 6. The van der Waals surface area contributed by atoms with Crippen molar-refractivity contribution in [3.63, 3.8) is 0 Å². The van der Waals surface area contributed by atoms with Gasteiger partial charge in [-0.2, -0.15) is 4.98 Å². The van der Waals surface area contributed by atoms with Crippen LogP contribution in [-0.4, -0.2) is 28.6 Å². The Morgan fingerprint density at radius 1 is 1.39 bits per heavy atom. The van der Waals surface area contributed by atoms with Crippen LogP contribution in [-0.2, 0) is 12.8 Å². The Morgan fingerprint density at radius 2 is 2.28 bits per heavy atom. The van der Waals surface area contributed by atoms with E-state index in [4.69, 9.17) is 4.74 Å². The van der Waals surface area contributed by atoms with Crippen LogP contribution in [0.25, 0.3) is 0 Å².